The molecule has 0 amide bonds. The zero-order valence-electron chi connectivity index (χ0n) is 9.74. The van der Waals surface area contributed by atoms with Crippen LogP contribution in [0.2, 0.25) is 0 Å². The Morgan fingerprint density at radius 1 is 1.22 bits per heavy atom. The summed E-state index contributed by atoms with van der Waals surface area (Å²) in [4.78, 5) is 7.72. The molecular formula is C14H11IN2O. The lowest BCUT2D eigenvalue weighted by molar-refractivity contribution is 0.476. The maximum absolute atomic E-state index is 10.0. The van der Waals surface area contributed by atoms with Crippen molar-refractivity contribution < 1.29 is 5.11 Å². The summed E-state index contributed by atoms with van der Waals surface area (Å²) in [6.07, 6.45) is 0. The number of H-pyrrole nitrogens is 1. The molecule has 18 heavy (non-hydrogen) atoms. The maximum Gasteiger partial charge on any atom is 0.142 e. The number of phenols is 1. The van der Waals surface area contributed by atoms with Gasteiger partial charge in [-0.25, -0.2) is 4.98 Å². The van der Waals surface area contributed by atoms with E-state index in [0.717, 1.165) is 25.7 Å². The van der Waals surface area contributed by atoms with E-state index in [2.05, 4.69) is 32.6 Å². The van der Waals surface area contributed by atoms with Crippen LogP contribution in [-0.2, 0) is 0 Å². The van der Waals surface area contributed by atoms with E-state index in [1.165, 1.54) is 0 Å². The van der Waals surface area contributed by atoms with E-state index in [0.29, 0.717) is 5.82 Å². The molecule has 0 spiro atoms. The Morgan fingerprint density at radius 2 is 2.00 bits per heavy atom. The Kier molecular flexibility index (Phi) is 2.74. The lowest BCUT2D eigenvalue weighted by Gasteiger charge is -2.04. The monoisotopic (exact) mass is 350 g/mol. The SMILES string of the molecule is Cc1cc(O)c(-c2nc3ccccc3[nH]2)cc1I. The van der Waals surface area contributed by atoms with Gasteiger partial charge in [0.25, 0.3) is 0 Å². The third-order valence-electron chi connectivity index (χ3n) is 2.92. The Morgan fingerprint density at radius 3 is 2.78 bits per heavy atom. The minimum Gasteiger partial charge on any atom is -0.507 e. The minimum atomic E-state index is 0.256. The van der Waals surface area contributed by atoms with Gasteiger partial charge < -0.3 is 10.1 Å². The maximum atomic E-state index is 10.0. The van der Waals surface area contributed by atoms with E-state index >= 15 is 0 Å². The van der Waals surface area contributed by atoms with Crippen molar-refractivity contribution in [1.29, 1.82) is 0 Å². The number of aryl methyl sites for hydroxylation is 1. The molecule has 4 heteroatoms. The lowest BCUT2D eigenvalue weighted by atomic mass is 10.1. The molecule has 0 aliphatic carbocycles. The number of benzene rings is 2. The number of halogens is 1. The molecule has 1 heterocycles. The Balaban J connectivity index is 2.22. The average molecular weight is 350 g/mol. The van der Waals surface area contributed by atoms with Crippen molar-refractivity contribution in [3.63, 3.8) is 0 Å². The van der Waals surface area contributed by atoms with Gasteiger partial charge in [0.15, 0.2) is 0 Å². The van der Waals surface area contributed by atoms with Crippen LogP contribution in [0, 0.1) is 10.5 Å². The summed E-state index contributed by atoms with van der Waals surface area (Å²) in [5, 5.41) is 10.0. The van der Waals surface area contributed by atoms with Gasteiger partial charge in [-0.1, -0.05) is 12.1 Å². The number of nitrogens with one attached hydrogen (secondary N) is 1. The molecule has 0 aliphatic rings. The number of rotatable bonds is 1. The third-order valence-corrected chi connectivity index (χ3v) is 4.08. The Labute approximate surface area is 118 Å². The predicted octanol–water partition coefficient (Wildman–Crippen LogP) is 3.85. The fraction of sp³-hybridized carbons (Fsp3) is 0.0714. The number of phenolic OH excluding ortho intramolecular Hbond substituents is 1. The van der Waals surface area contributed by atoms with Crippen LogP contribution in [0.5, 0.6) is 5.75 Å². The van der Waals surface area contributed by atoms with Gasteiger partial charge in [-0.3, -0.25) is 0 Å². The lowest BCUT2D eigenvalue weighted by Crippen LogP contribution is -1.86. The first-order chi connectivity index (χ1) is 8.65. The van der Waals surface area contributed by atoms with Crippen LogP contribution >= 0.6 is 22.6 Å². The fourth-order valence-corrected chi connectivity index (χ4v) is 2.40. The molecule has 0 bridgehead atoms. The second-order valence-corrected chi connectivity index (χ2v) is 5.38. The van der Waals surface area contributed by atoms with Crippen LogP contribution in [-0.4, -0.2) is 15.1 Å². The van der Waals surface area contributed by atoms with Gasteiger partial charge in [-0.2, -0.15) is 0 Å². The highest BCUT2D eigenvalue weighted by molar-refractivity contribution is 14.1. The zero-order valence-corrected chi connectivity index (χ0v) is 11.9. The van der Waals surface area contributed by atoms with Crippen molar-refractivity contribution in [1.82, 2.24) is 9.97 Å². The number of nitrogens with zero attached hydrogens (tertiary/aromatic N) is 1. The first-order valence-corrected chi connectivity index (χ1v) is 6.67. The number of aromatic hydroxyl groups is 1. The number of aromatic amines is 1. The summed E-state index contributed by atoms with van der Waals surface area (Å²) in [6, 6.07) is 11.6. The molecule has 3 nitrogen and oxygen atoms in total. The number of hydrogen-bond donors (Lipinski definition) is 2. The quantitative estimate of drug-likeness (QED) is 0.655. The second-order valence-electron chi connectivity index (χ2n) is 4.22. The van der Waals surface area contributed by atoms with E-state index < -0.39 is 0 Å². The van der Waals surface area contributed by atoms with Crippen LogP contribution < -0.4 is 0 Å². The molecule has 0 saturated heterocycles. The molecule has 0 fully saturated rings. The highest BCUT2D eigenvalue weighted by atomic mass is 127. The molecular weight excluding hydrogens is 339 g/mol. The van der Waals surface area contributed by atoms with Crippen LogP contribution in [0.25, 0.3) is 22.4 Å². The van der Waals surface area contributed by atoms with Gasteiger partial charge >= 0.3 is 0 Å². The number of para-hydroxylation sites is 2. The minimum absolute atomic E-state index is 0.256. The van der Waals surface area contributed by atoms with E-state index in [4.69, 9.17) is 0 Å². The van der Waals surface area contributed by atoms with Crippen LogP contribution in [0.15, 0.2) is 36.4 Å². The van der Waals surface area contributed by atoms with E-state index in [-0.39, 0.29) is 5.75 Å². The summed E-state index contributed by atoms with van der Waals surface area (Å²) in [6.45, 7) is 1.98. The largest absolute Gasteiger partial charge is 0.507 e. The normalized spacial score (nSPS) is 11.0. The van der Waals surface area contributed by atoms with Crippen molar-refractivity contribution >= 4 is 33.6 Å². The topological polar surface area (TPSA) is 48.9 Å². The number of aromatic nitrogens is 2. The van der Waals surface area contributed by atoms with Crippen molar-refractivity contribution in [2.45, 2.75) is 6.92 Å². The summed E-state index contributed by atoms with van der Waals surface area (Å²) < 4.78 is 1.11. The second kappa shape index (κ2) is 4.28. The van der Waals surface area contributed by atoms with Gasteiger partial charge in [0.1, 0.15) is 11.6 Å². The molecule has 0 saturated carbocycles. The zero-order chi connectivity index (χ0) is 12.7. The first kappa shape index (κ1) is 11.5. The summed E-state index contributed by atoms with van der Waals surface area (Å²) >= 11 is 2.26. The molecule has 0 unspecified atom stereocenters. The molecule has 3 aromatic rings. The first-order valence-electron chi connectivity index (χ1n) is 5.59. The highest BCUT2D eigenvalue weighted by Crippen LogP contribution is 2.31. The van der Waals surface area contributed by atoms with Gasteiger partial charge in [-0.05, 0) is 59.3 Å². The smallest absolute Gasteiger partial charge is 0.142 e. The predicted molar refractivity (Wildman–Crippen MR) is 80.6 cm³/mol. The van der Waals surface area contributed by atoms with Crippen LogP contribution in [0.1, 0.15) is 5.56 Å². The molecule has 0 atom stereocenters. The average Bonchev–Trinajstić information content (AvgIpc) is 2.77. The van der Waals surface area contributed by atoms with Crippen LogP contribution in [0.4, 0.5) is 0 Å². The van der Waals surface area contributed by atoms with Gasteiger partial charge in [-0.15, -0.1) is 0 Å². The van der Waals surface area contributed by atoms with E-state index in [1.54, 1.807) is 6.07 Å². The van der Waals surface area contributed by atoms with E-state index in [1.807, 2.05) is 37.3 Å². The van der Waals surface area contributed by atoms with Crippen molar-refractivity contribution in [2.75, 3.05) is 0 Å². The number of fused-ring (bicyclic) bond motifs is 1. The van der Waals surface area contributed by atoms with Crippen LogP contribution in [0.3, 0.4) is 0 Å². The Bertz CT molecular complexity index is 701. The molecule has 2 N–H and O–H groups in total. The molecule has 2 aromatic carbocycles. The fourth-order valence-electron chi connectivity index (χ4n) is 1.94. The van der Waals surface area contributed by atoms with Gasteiger partial charge in [0.05, 0.1) is 16.6 Å². The summed E-state index contributed by atoms with van der Waals surface area (Å²) in [7, 11) is 0. The van der Waals surface area contributed by atoms with Crippen molar-refractivity contribution in [2.24, 2.45) is 0 Å². The molecule has 1 aromatic heterocycles. The molecule has 0 aliphatic heterocycles. The summed E-state index contributed by atoms with van der Waals surface area (Å²) in [5.74, 6) is 0.957. The van der Waals surface area contributed by atoms with E-state index in [9.17, 15) is 5.11 Å². The third kappa shape index (κ3) is 1.86. The molecule has 0 radical (unpaired) electrons. The highest BCUT2D eigenvalue weighted by Gasteiger charge is 2.11. The van der Waals surface area contributed by atoms with Gasteiger partial charge in [0.2, 0.25) is 0 Å². The summed E-state index contributed by atoms with van der Waals surface area (Å²) in [5.41, 5.74) is 3.68. The number of hydrogen-bond acceptors (Lipinski definition) is 2. The van der Waals surface area contributed by atoms with Gasteiger partial charge in [0, 0.05) is 3.57 Å². The Hall–Kier alpha value is -1.56. The standard InChI is InChI=1S/C14H11IN2O/c1-8-6-13(18)9(7-10(8)15)14-16-11-4-2-3-5-12(11)17-14/h2-7,18H,1H3,(H,16,17). The van der Waals surface area contributed by atoms with Crippen molar-refractivity contribution in [3.05, 3.63) is 45.5 Å². The van der Waals surface area contributed by atoms with Crippen molar-refractivity contribution in [3.8, 4) is 17.1 Å². The molecule has 90 valence electrons. The number of imidazole rings is 1. The molecule has 3 rings (SSSR count).